The van der Waals surface area contributed by atoms with Gasteiger partial charge in [0.15, 0.2) is 0 Å². The Bertz CT molecular complexity index is 371. The molecule has 0 aliphatic rings. The van der Waals surface area contributed by atoms with Gasteiger partial charge < -0.3 is 25.6 Å². The number of ether oxygens (including phenoxy) is 2. The lowest BCUT2D eigenvalue weighted by molar-refractivity contribution is -0.157. The normalized spacial score (nSPS) is 14.9. The zero-order chi connectivity index (χ0) is 17.6. The van der Waals surface area contributed by atoms with Crippen molar-refractivity contribution >= 4 is 12.1 Å². The molecule has 0 aliphatic carbocycles. The number of esters is 1. The van der Waals surface area contributed by atoms with Crippen LogP contribution in [-0.2, 0) is 14.3 Å². The molecule has 0 aliphatic heterocycles. The molecule has 22 heavy (non-hydrogen) atoms. The molecule has 0 rings (SSSR count). The molecule has 130 valence electrons. The van der Waals surface area contributed by atoms with Crippen LogP contribution in [0.15, 0.2) is 0 Å². The molecule has 0 saturated heterocycles. The van der Waals surface area contributed by atoms with Crippen molar-refractivity contribution in [1.29, 1.82) is 0 Å². The first-order valence-electron chi connectivity index (χ1n) is 7.44. The van der Waals surface area contributed by atoms with Crippen LogP contribution in [0.2, 0.25) is 0 Å². The second kappa shape index (κ2) is 8.33. The van der Waals surface area contributed by atoms with E-state index in [1.54, 1.807) is 41.5 Å². The highest BCUT2D eigenvalue weighted by Crippen LogP contribution is 2.13. The summed E-state index contributed by atoms with van der Waals surface area (Å²) in [4.78, 5) is 24.0. The van der Waals surface area contributed by atoms with E-state index < -0.39 is 35.4 Å². The van der Waals surface area contributed by atoms with E-state index >= 15 is 0 Å². The Morgan fingerprint density at radius 3 is 1.95 bits per heavy atom. The van der Waals surface area contributed by atoms with Crippen LogP contribution in [0.5, 0.6) is 0 Å². The second-order valence-corrected chi connectivity index (χ2v) is 7.20. The van der Waals surface area contributed by atoms with E-state index in [1.807, 2.05) is 0 Å². The topological polar surface area (TPSA) is 111 Å². The van der Waals surface area contributed by atoms with Gasteiger partial charge in [-0.15, -0.1) is 0 Å². The predicted octanol–water partition coefficient (Wildman–Crippen LogP) is 1.32. The van der Waals surface area contributed by atoms with Crippen LogP contribution < -0.4 is 11.1 Å². The van der Waals surface area contributed by atoms with Crippen molar-refractivity contribution in [3.8, 4) is 0 Å². The molecular formula is C15H30N2O5. The molecule has 0 heterocycles. The summed E-state index contributed by atoms with van der Waals surface area (Å²) in [6.07, 6.45) is -0.945. The lowest BCUT2D eigenvalue weighted by Gasteiger charge is -2.26. The summed E-state index contributed by atoms with van der Waals surface area (Å²) in [5.74, 6) is -0.567. The molecule has 7 nitrogen and oxygen atoms in total. The Morgan fingerprint density at radius 1 is 1.05 bits per heavy atom. The van der Waals surface area contributed by atoms with Crippen LogP contribution in [0.4, 0.5) is 4.79 Å². The van der Waals surface area contributed by atoms with Gasteiger partial charge in [0, 0.05) is 6.54 Å². The number of carbonyl (C=O) groups is 2. The van der Waals surface area contributed by atoms with Crippen LogP contribution in [0.1, 0.15) is 54.4 Å². The quantitative estimate of drug-likeness (QED) is 0.637. The summed E-state index contributed by atoms with van der Waals surface area (Å²) in [6.45, 7) is 10.5. The average Bonchev–Trinajstić information content (AvgIpc) is 2.29. The summed E-state index contributed by atoms with van der Waals surface area (Å²) < 4.78 is 10.4. The zero-order valence-corrected chi connectivity index (χ0v) is 14.4. The van der Waals surface area contributed by atoms with E-state index in [2.05, 4.69) is 5.32 Å². The van der Waals surface area contributed by atoms with Crippen molar-refractivity contribution in [2.45, 2.75) is 77.7 Å². The average molecular weight is 318 g/mol. The number of carbonyl (C=O) groups excluding carboxylic acids is 2. The number of nitrogens with one attached hydrogen (secondary N) is 1. The van der Waals surface area contributed by atoms with Gasteiger partial charge in [0.2, 0.25) is 0 Å². The summed E-state index contributed by atoms with van der Waals surface area (Å²) in [5.41, 5.74) is 4.01. The van der Waals surface area contributed by atoms with Gasteiger partial charge in [0.1, 0.15) is 17.2 Å². The molecule has 0 fully saturated rings. The first-order valence-corrected chi connectivity index (χ1v) is 7.44. The molecule has 0 aromatic heterocycles. The number of nitrogens with two attached hydrogens (primary N) is 1. The van der Waals surface area contributed by atoms with Gasteiger partial charge in [-0.3, -0.25) is 0 Å². The third-order valence-electron chi connectivity index (χ3n) is 2.44. The lowest BCUT2D eigenvalue weighted by Crippen LogP contribution is -2.46. The fourth-order valence-electron chi connectivity index (χ4n) is 1.55. The fourth-order valence-corrected chi connectivity index (χ4v) is 1.55. The van der Waals surface area contributed by atoms with E-state index in [-0.39, 0.29) is 19.4 Å². The van der Waals surface area contributed by atoms with E-state index in [0.717, 1.165) is 0 Å². The highest BCUT2D eigenvalue weighted by atomic mass is 16.6. The molecule has 0 radical (unpaired) electrons. The van der Waals surface area contributed by atoms with Gasteiger partial charge >= 0.3 is 12.1 Å². The molecule has 2 atom stereocenters. The van der Waals surface area contributed by atoms with Gasteiger partial charge in [-0.05, 0) is 54.4 Å². The summed E-state index contributed by atoms with van der Waals surface area (Å²) in [6, 6.07) is -0.893. The van der Waals surface area contributed by atoms with Crippen LogP contribution in [-0.4, -0.2) is 47.1 Å². The molecule has 4 N–H and O–H groups in total. The number of alkyl carbamates (subject to hydrolysis) is 1. The van der Waals surface area contributed by atoms with Crippen molar-refractivity contribution in [3.63, 3.8) is 0 Å². The minimum atomic E-state index is -0.893. The number of amides is 1. The first kappa shape index (κ1) is 20.7. The van der Waals surface area contributed by atoms with Crippen molar-refractivity contribution in [2.75, 3.05) is 6.54 Å². The second-order valence-electron chi connectivity index (χ2n) is 7.20. The Kier molecular flexibility index (Phi) is 7.83. The van der Waals surface area contributed by atoms with Crippen LogP contribution in [0, 0.1) is 0 Å². The van der Waals surface area contributed by atoms with Gasteiger partial charge in [0.05, 0.1) is 6.10 Å². The third-order valence-corrected chi connectivity index (χ3v) is 2.44. The Morgan fingerprint density at radius 2 is 1.55 bits per heavy atom. The summed E-state index contributed by atoms with van der Waals surface area (Å²) in [5, 5.41) is 12.0. The number of aliphatic hydroxyl groups is 1. The number of hydrogen-bond donors (Lipinski definition) is 3. The number of aliphatic hydroxyl groups excluding tert-OH is 1. The number of rotatable bonds is 6. The molecule has 7 heteroatoms. The van der Waals surface area contributed by atoms with E-state index in [1.165, 1.54) is 0 Å². The van der Waals surface area contributed by atoms with E-state index in [9.17, 15) is 14.7 Å². The van der Waals surface area contributed by atoms with Crippen LogP contribution >= 0.6 is 0 Å². The highest BCUT2D eigenvalue weighted by Gasteiger charge is 2.28. The van der Waals surface area contributed by atoms with Crippen LogP contribution in [0.3, 0.4) is 0 Å². The largest absolute Gasteiger partial charge is 0.458 e. The molecule has 1 amide bonds. The SMILES string of the molecule is CC(C)(C)OC(=O)N[C@@H](CC[C@@H](O)CN)C(=O)OC(C)(C)C. The molecule has 0 saturated carbocycles. The molecule has 0 aromatic rings. The first-order chi connectivity index (χ1) is 9.84. The molecule has 0 bridgehead atoms. The third kappa shape index (κ3) is 10.4. The minimum Gasteiger partial charge on any atom is -0.458 e. The monoisotopic (exact) mass is 318 g/mol. The van der Waals surface area contributed by atoms with E-state index in [0.29, 0.717) is 0 Å². The van der Waals surface area contributed by atoms with Crippen molar-refractivity contribution in [2.24, 2.45) is 5.73 Å². The predicted molar refractivity (Wildman–Crippen MR) is 83.3 cm³/mol. The maximum absolute atomic E-state index is 12.2. The summed E-state index contributed by atoms with van der Waals surface area (Å²) >= 11 is 0. The number of hydrogen-bond acceptors (Lipinski definition) is 6. The van der Waals surface area contributed by atoms with E-state index in [4.69, 9.17) is 15.2 Å². The molecule has 0 aromatic carbocycles. The molecule has 0 spiro atoms. The van der Waals surface area contributed by atoms with Gasteiger partial charge in [0.25, 0.3) is 0 Å². The van der Waals surface area contributed by atoms with Crippen molar-refractivity contribution < 1.29 is 24.2 Å². The summed E-state index contributed by atoms with van der Waals surface area (Å²) in [7, 11) is 0. The Hall–Kier alpha value is -1.34. The Labute approximate surface area is 132 Å². The standard InChI is InChI=1S/C15H30N2O5/c1-14(2,3)21-12(19)11(8-7-10(18)9-16)17-13(20)22-15(4,5)6/h10-11,18H,7-9,16H2,1-6H3,(H,17,20)/t10-,11+/m1/s1. The fraction of sp³-hybridized carbons (Fsp3) is 0.867. The maximum Gasteiger partial charge on any atom is 0.408 e. The highest BCUT2D eigenvalue weighted by molar-refractivity contribution is 5.81. The van der Waals surface area contributed by atoms with Crippen molar-refractivity contribution in [1.82, 2.24) is 5.32 Å². The van der Waals surface area contributed by atoms with Gasteiger partial charge in [-0.1, -0.05) is 0 Å². The van der Waals surface area contributed by atoms with Crippen LogP contribution in [0.25, 0.3) is 0 Å². The smallest absolute Gasteiger partial charge is 0.408 e. The van der Waals surface area contributed by atoms with Gasteiger partial charge in [-0.25, -0.2) is 9.59 Å². The molecular weight excluding hydrogens is 288 g/mol. The van der Waals surface area contributed by atoms with Crippen molar-refractivity contribution in [3.05, 3.63) is 0 Å². The molecule has 0 unspecified atom stereocenters. The lowest BCUT2D eigenvalue weighted by atomic mass is 10.1. The van der Waals surface area contributed by atoms with Gasteiger partial charge in [-0.2, -0.15) is 0 Å². The Balaban J connectivity index is 4.78. The maximum atomic E-state index is 12.2. The minimum absolute atomic E-state index is 0.0907. The zero-order valence-electron chi connectivity index (χ0n) is 14.4.